The summed E-state index contributed by atoms with van der Waals surface area (Å²) in [5.74, 6) is -3.21. The maximum atomic E-state index is 10.6. The van der Waals surface area contributed by atoms with Crippen LogP contribution in [0.4, 0.5) is 0 Å². The molecule has 0 rings (SSSR count). The van der Waals surface area contributed by atoms with Gasteiger partial charge >= 0.3 is 0 Å². The van der Waals surface area contributed by atoms with E-state index in [1.165, 1.54) is 32.6 Å². The van der Waals surface area contributed by atoms with Crippen LogP contribution >= 0.6 is 0 Å². The Morgan fingerprint density at radius 1 is 0.875 bits per heavy atom. The van der Waals surface area contributed by atoms with Crippen LogP contribution in [0.25, 0.3) is 0 Å². The molecule has 0 aliphatic rings. The first-order valence-corrected chi connectivity index (χ1v) is 9.78. The van der Waals surface area contributed by atoms with Crippen LogP contribution in [-0.4, -0.2) is 30.7 Å². The molecule has 0 radical (unpaired) electrons. The molecule has 0 saturated carbocycles. The third-order valence-corrected chi connectivity index (χ3v) is 3.91. The summed E-state index contributed by atoms with van der Waals surface area (Å²) in [5.41, 5.74) is -0.180. The maximum absolute atomic E-state index is 10.6. The van der Waals surface area contributed by atoms with E-state index in [2.05, 4.69) is 6.92 Å². The summed E-state index contributed by atoms with van der Waals surface area (Å²) in [6, 6.07) is 0. The molecule has 0 aliphatic carbocycles. The molecule has 7 nitrogen and oxygen atoms in total. The highest BCUT2D eigenvalue weighted by Gasteiger charge is 1.99. The van der Waals surface area contributed by atoms with E-state index in [4.69, 9.17) is 0 Å². The lowest BCUT2D eigenvalue weighted by atomic mass is 10.0. The van der Waals surface area contributed by atoms with E-state index in [-0.39, 0.29) is 17.7 Å². The molecular formula is C16H27O7S-3. The van der Waals surface area contributed by atoms with Gasteiger partial charge in [-0.25, -0.2) is 8.42 Å². The number of carboxylic acids is 2. The molecule has 0 saturated heterocycles. The van der Waals surface area contributed by atoms with Gasteiger partial charge in [0.05, 0.1) is 22.1 Å². The number of carbonyl (C=O) groups is 2. The fraction of sp³-hybridized carbons (Fsp3) is 0.750. The molecule has 24 heavy (non-hydrogen) atoms. The fourth-order valence-electron chi connectivity index (χ4n) is 1.82. The molecule has 0 atom stereocenters. The Hall–Kier alpha value is -1.41. The van der Waals surface area contributed by atoms with Crippen molar-refractivity contribution in [2.45, 2.75) is 71.6 Å². The van der Waals surface area contributed by atoms with Crippen molar-refractivity contribution >= 4 is 22.1 Å². The number of carboxylic acid groups (broad SMARTS) is 2. The molecule has 142 valence electrons. The topological polar surface area (TPSA) is 137 Å². The molecule has 8 heteroatoms. The number of aliphatic carboxylic acids is 2. The van der Waals surface area contributed by atoms with Crippen LogP contribution in [0.3, 0.4) is 0 Å². The quantitative estimate of drug-likeness (QED) is 0.279. The van der Waals surface area contributed by atoms with Crippen LogP contribution in [-0.2, 0) is 19.7 Å². The van der Waals surface area contributed by atoms with Crippen molar-refractivity contribution < 1.29 is 32.8 Å². The van der Waals surface area contributed by atoms with Gasteiger partial charge in [-0.2, -0.15) is 0 Å². The molecule has 0 bridgehead atoms. The van der Waals surface area contributed by atoms with Crippen molar-refractivity contribution in [2.75, 3.05) is 5.75 Å². The van der Waals surface area contributed by atoms with Gasteiger partial charge in [-0.1, -0.05) is 58.8 Å². The Balaban J connectivity index is 0. The number of hydrogen-bond donors (Lipinski definition) is 0. The van der Waals surface area contributed by atoms with Crippen molar-refractivity contribution in [3.05, 3.63) is 11.6 Å². The summed E-state index contributed by atoms with van der Waals surface area (Å²) in [6.07, 6.45) is 9.65. The van der Waals surface area contributed by atoms with Crippen molar-refractivity contribution in [3.8, 4) is 0 Å². The lowest BCUT2D eigenvalue weighted by Gasteiger charge is -2.09. The molecule has 0 fully saturated rings. The van der Waals surface area contributed by atoms with E-state index >= 15 is 0 Å². The minimum atomic E-state index is -3.91. The van der Waals surface area contributed by atoms with Crippen molar-refractivity contribution in [2.24, 2.45) is 0 Å². The number of hydrogen-bond acceptors (Lipinski definition) is 7. The molecule has 0 aliphatic heterocycles. The smallest absolute Gasteiger partial charge is 0.0943 e. The molecule has 0 unspecified atom stereocenters. The second kappa shape index (κ2) is 15.1. The molecule has 0 aromatic heterocycles. The van der Waals surface area contributed by atoms with E-state index in [1.54, 1.807) is 0 Å². The highest BCUT2D eigenvalue weighted by atomic mass is 32.2. The van der Waals surface area contributed by atoms with Crippen LogP contribution in [0.15, 0.2) is 11.6 Å². The molecule has 0 heterocycles. The number of unbranched alkanes of at least 4 members (excludes halogenated alkanes) is 7. The van der Waals surface area contributed by atoms with E-state index in [0.717, 1.165) is 19.3 Å². The Kier molecular flexibility index (Phi) is 15.7. The van der Waals surface area contributed by atoms with Crippen LogP contribution in [0.5, 0.6) is 0 Å². The normalized spacial score (nSPS) is 11.5. The molecule has 0 spiro atoms. The molecule has 0 aromatic rings. The van der Waals surface area contributed by atoms with Gasteiger partial charge in [0.25, 0.3) is 0 Å². The Bertz CT molecular complexity index is 481. The van der Waals surface area contributed by atoms with Crippen molar-refractivity contribution in [1.29, 1.82) is 0 Å². The van der Waals surface area contributed by atoms with Gasteiger partial charge < -0.3 is 24.4 Å². The maximum Gasteiger partial charge on any atom is 0.0943 e. The zero-order valence-electron chi connectivity index (χ0n) is 14.4. The predicted octanol–water partition coefficient (Wildman–Crippen LogP) is 0.495. The van der Waals surface area contributed by atoms with Gasteiger partial charge in [0.2, 0.25) is 0 Å². The highest BCUT2D eigenvalue weighted by molar-refractivity contribution is 7.85. The summed E-state index contributed by atoms with van der Waals surface area (Å²) < 4.78 is 28.3. The van der Waals surface area contributed by atoms with Crippen LogP contribution in [0.1, 0.15) is 71.6 Å². The number of rotatable bonds is 12. The van der Waals surface area contributed by atoms with Gasteiger partial charge in [-0.3, -0.25) is 0 Å². The van der Waals surface area contributed by atoms with Gasteiger partial charge in [0, 0.05) is 5.75 Å². The molecule has 0 amide bonds. The first-order chi connectivity index (χ1) is 11.1. The van der Waals surface area contributed by atoms with E-state index in [9.17, 15) is 32.8 Å². The molecule has 0 N–H and O–H groups in total. The monoisotopic (exact) mass is 363 g/mol. The Morgan fingerprint density at radius 2 is 1.29 bits per heavy atom. The van der Waals surface area contributed by atoms with Crippen molar-refractivity contribution in [1.82, 2.24) is 0 Å². The first kappa shape index (κ1) is 24.8. The van der Waals surface area contributed by atoms with Gasteiger partial charge in [-0.05, 0) is 24.5 Å². The summed E-state index contributed by atoms with van der Waals surface area (Å²) >= 11 is 0. The van der Waals surface area contributed by atoms with Gasteiger partial charge in [0.15, 0.2) is 0 Å². The number of carbonyl (C=O) groups excluding carboxylic acids is 2. The second-order valence-corrected chi connectivity index (χ2v) is 7.04. The fourth-order valence-corrected chi connectivity index (χ4v) is 1.82. The first-order valence-electron chi connectivity index (χ1n) is 8.20. The third kappa shape index (κ3) is 20.6. The summed E-state index contributed by atoms with van der Waals surface area (Å²) in [4.78, 5) is 20.9. The summed E-state index contributed by atoms with van der Waals surface area (Å²) in [6.45, 7) is 3.48. The summed E-state index contributed by atoms with van der Waals surface area (Å²) in [5, 5.41) is 20.9. The van der Waals surface area contributed by atoms with Crippen LogP contribution in [0, 0.1) is 0 Å². The van der Waals surface area contributed by atoms with E-state index in [1.807, 2.05) is 0 Å². The van der Waals surface area contributed by atoms with E-state index in [0.29, 0.717) is 12.5 Å². The minimum absolute atomic E-state index is 0.180. The SMILES string of the molecule is CCCCCCCCCC/C(=C/C(=O)[O-])C(=O)[O-].CCS(=O)(=O)[O-]. The average Bonchev–Trinajstić information content (AvgIpc) is 2.48. The van der Waals surface area contributed by atoms with Crippen LogP contribution in [0.2, 0.25) is 0 Å². The third-order valence-electron chi connectivity index (χ3n) is 3.21. The minimum Gasteiger partial charge on any atom is -0.748 e. The standard InChI is InChI=1S/C14H24O4.C2H6O3S/c1-2-3-4-5-6-7-8-9-10-12(14(17)18)11-13(15)16;1-2-6(3,4)5/h11H,2-10H2,1H3,(H,15,16)(H,17,18);2H2,1H3,(H,3,4,5)/p-3/b12-11-;. The van der Waals surface area contributed by atoms with Gasteiger partial charge in [-0.15, -0.1) is 0 Å². The lowest BCUT2D eigenvalue weighted by molar-refractivity contribution is -0.303. The molecule has 0 aromatic carbocycles. The summed E-state index contributed by atoms with van der Waals surface area (Å²) in [7, 11) is -3.91. The Labute approximate surface area is 144 Å². The van der Waals surface area contributed by atoms with Crippen molar-refractivity contribution in [3.63, 3.8) is 0 Å². The Morgan fingerprint density at radius 3 is 1.62 bits per heavy atom. The van der Waals surface area contributed by atoms with E-state index < -0.39 is 22.1 Å². The van der Waals surface area contributed by atoms with Crippen LogP contribution < -0.4 is 10.2 Å². The predicted molar refractivity (Wildman–Crippen MR) is 85.6 cm³/mol. The largest absolute Gasteiger partial charge is 0.748 e. The van der Waals surface area contributed by atoms with Gasteiger partial charge in [0.1, 0.15) is 0 Å². The zero-order chi connectivity index (χ0) is 19.0. The second-order valence-electron chi connectivity index (χ2n) is 5.35. The average molecular weight is 363 g/mol. The molecular weight excluding hydrogens is 336 g/mol. The lowest BCUT2D eigenvalue weighted by Crippen LogP contribution is -2.27. The zero-order valence-corrected chi connectivity index (χ0v) is 15.2. The highest BCUT2D eigenvalue weighted by Crippen LogP contribution is 2.12.